The van der Waals surface area contributed by atoms with E-state index in [4.69, 9.17) is 0 Å². The zero-order valence-electron chi connectivity index (χ0n) is 11.0. The van der Waals surface area contributed by atoms with Crippen LogP contribution in [0.2, 0.25) is 0 Å². The summed E-state index contributed by atoms with van der Waals surface area (Å²) in [6, 6.07) is 3.92. The lowest BCUT2D eigenvalue weighted by molar-refractivity contribution is 0.502. The van der Waals surface area contributed by atoms with Gasteiger partial charge in [-0.1, -0.05) is 6.07 Å². The molecule has 0 radical (unpaired) electrons. The van der Waals surface area contributed by atoms with Crippen LogP contribution in [0.5, 0.6) is 0 Å². The Morgan fingerprint density at radius 1 is 1.26 bits per heavy atom. The molecule has 1 heterocycles. The second-order valence-corrected chi connectivity index (χ2v) is 4.62. The number of aromatic nitrogens is 2. The Bertz CT molecular complexity index is 531. The normalized spacial score (nSPS) is 12.6. The van der Waals surface area contributed by atoms with Gasteiger partial charge in [0.15, 0.2) is 0 Å². The molecule has 5 heteroatoms. The van der Waals surface area contributed by atoms with Crippen LogP contribution in [0.1, 0.15) is 11.1 Å². The van der Waals surface area contributed by atoms with Crippen LogP contribution in [0, 0.1) is 11.6 Å². The molecule has 0 aliphatic heterocycles. The molecule has 0 fully saturated rings. The van der Waals surface area contributed by atoms with Crippen LogP contribution in [-0.2, 0) is 19.9 Å². The highest BCUT2D eigenvalue weighted by Crippen LogP contribution is 2.15. The molecule has 102 valence electrons. The largest absolute Gasteiger partial charge is 0.316 e. The quantitative estimate of drug-likeness (QED) is 0.897. The topological polar surface area (TPSA) is 29.9 Å². The number of aryl methyl sites for hydroxylation is 1. The van der Waals surface area contributed by atoms with E-state index in [1.807, 2.05) is 13.2 Å². The summed E-state index contributed by atoms with van der Waals surface area (Å²) in [5.74, 6) is -0.988. The minimum atomic E-state index is -0.494. The highest BCUT2D eigenvalue weighted by Gasteiger charge is 2.15. The molecule has 0 aliphatic carbocycles. The van der Waals surface area contributed by atoms with Crippen LogP contribution >= 0.6 is 0 Å². The van der Waals surface area contributed by atoms with E-state index in [2.05, 4.69) is 10.4 Å². The van der Waals surface area contributed by atoms with E-state index in [1.54, 1.807) is 17.9 Å². The smallest absolute Gasteiger partial charge is 0.129 e. The van der Waals surface area contributed by atoms with Crippen LogP contribution in [0.15, 0.2) is 30.6 Å². The van der Waals surface area contributed by atoms with Gasteiger partial charge in [-0.25, -0.2) is 8.78 Å². The number of nitrogens with zero attached hydrogens (tertiary/aromatic N) is 2. The van der Waals surface area contributed by atoms with Crippen molar-refractivity contribution >= 4 is 0 Å². The Hall–Kier alpha value is -1.75. The predicted octanol–water partition coefficient (Wildman–Crippen LogP) is 2.07. The zero-order chi connectivity index (χ0) is 13.8. The summed E-state index contributed by atoms with van der Waals surface area (Å²) in [7, 11) is 3.63. The standard InChI is InChI=1S/C14H17F2N3/c1-17-11(6-10-8-18-19(2)9-10)7-12-13(15)4-3-5-14(12)16/h3-5,8-9,11,17H,6-7H2,1-2H3. The minimum Gasteiger partial charge on any atom is -0.316 e. The summed E-state index contributed by atoms with van der Waals surface area (Å²) in [5.41, 5.74) is 1.17. The summed E-state index contributed by atoms with van der Waals surface area (Å²) in [4.78, 5) is 0. The van der Waals surface area contributed by atoms with Gasteiger partial charge >= 0.3 is 0 Å². The van der Waals surface area contributed by atoms with E-state index in [9.17, 15) is 8.78 Å². The highest BCUT2D eigenvalue weighted by molar-refractivity contribution is 5.21. The van der Waals surface area contributed by atoms with Crippen LogP contribution in [0.4, 0.5) is 8.78 Å². The summed E-state index contributed by atoms with van der Waals surface area (Å²) in [6.07, 6.45) is 4.66. The molecular weight excluding hydrogens is 248 g/mol. The number of benzene rings is 1. The average Bonchev–Trinajstić information content (AvgIpc) is 2.78. The van der Waals surface area contributed by atoms with Gasteiger partial charge in [-0.15, -0.1) is 0 Å². The number of hydrogen-bond donors (Lipinski definition) is 1. The maximum Gasteiger partial charge on any atom is 0.129 e. The zero-order valence-corrected chi connectivity index (χ0v) is 11.0. The lowest BCUT2D eigenvalue weighted by Gasteiger charge is -2.16. The van der Waals surface area contributed by atoms with Gasteiger partial charge in [0.2, 0.25) is 0 Å². The molecule has 0 saturated carbocycles. The molecule has 1 aromatic heterocycles. The van der Waals surface area contributed by atoms with Crippen molar-refractivity contribution in [2.45, 2.75) is 18.9 Å². The average molecular weight is 265 g/mol. The third-order valence-corrected chi connectivity index (χ3v) is 3.16. The fourth-order valence-corrected chi connectivity index (χ4v) is 2.11. The minimum absolute atomic E-state index is 0.0319. The van der Waals surface area contributed by atoms with Crippen LogP contribution < -0.4 is 5.32 Å². The van der Waals surface area contributed by atoms with Crippen molar-refractivity contribution < 1.29 is 8.78 Å². The summed E-state index contributed by atoms with van der Waals surface area (Å²) >= 11 is 0. The second-order valence-electron chi connectivity index (χ2n) is 4.62. The molecule has 0 spiro atoms. The molecule has 0 aliphatic rings. The van der Waals surface area contributed by atoms with Crippen molar-refractivity contribution in [2.24, 2.45) is 7.05 Å². The van der Waals surface area contributed by atoms with E-state index in [-0.39, 0.29) is 11.6 Å². The Labute approximate surface area is 111 Å². The van der Waals surface area contributed by atoms with Gasteiger partial charge in [0.25, 0.3) is 0 Å². The molecule has 1 N–H and O–H groups in total. The van der Waals surface area contributed by atoms with Crippen LogP contribution in [0.3, 0.4) is 0 Å². The first-order chi connectivity index (χ1) is 9.10. The van der Waals surface area contributed by atoms with Gasteiger partial charge in [-0.3, -0.25) is 4.68 Å². The van der Waals surface area contributed by atoms with Gasteiger partial charge in [-0.05, 0) is 37.6 Å². The molecule has 1 atom stereocenters. The van der Waals surface area contributed by atoms with Crippen molar-refractivity contribution in [1.29, 1.82) is 0 Å². The maximum absolute atomic E-state index is 13.6. The van der Waals surface area contributed by atoms with E-state index in [0.717, 1.165) is 5.56 Å². The monoisotopic (exact) mass is 265 g/mol. The molecule has 2 rings (SSSR count). The summed E-state index contributed by atoms with van der Waals surface area (Å²) in [6.45, 7) is 0. The van der Waals surface area contributed by atoms with E-state index >= 15 is 0 Å². The Kier molecular flexibility index (Phi) is 4.27. The van der Waals surface area contributed by atoms with Gasteiger partial charge in [-0.2, -0.15) is 5.10 Å². The highest BCUT2D eigenvalue weighted by atomic mass is 19.1. The number of rotatable bonds is 5. The van der Waals surface area contributed by atoms with Crippen molar-refractivity contribution in [3.8, 4) is 0 Å². The van der Waals surface area contributed by atoms with Crippen LogP contribution in [-0.4, -0.2) is 22.9 Å². The third kappa shape index (κ3) is 3.38. The number of halogens is 2. The summed E-state index contributed by atoms with van der Waals surface area (Å²) < 4.78 is 28.9. The van der Waals surface area contributed by atoms with Crippen molar-refractivity contribution in [3.05, 3.63) is 53.4 Å². The van der Waals surface area contributed by atoms with Gasteiger partial charge in [0.1, 0.15) is 11.6 Å². The lowest BCUT2D eigenvalue weighted by Crippen LogP contribution is -2.30. The third-order valence-electron chi connectivity index (χ3n) is 3.16. The second kappa shape index (κ2) is 5.93. The molecule has 2 aromatic rings. The first kappa shape index (κ1) is 13.7. The van der Waals surface area contributed by atoms with E-state index < -0.39 is 11.6 Å². The van der Waals surface area contributed by atoms with Gasteiger partial charge in [0.05, 0.1) is 6.20 Å². The predicted molar refractivity (Wildman–Crippen MR) is 69.8 cm³/mol. The van der Waals surface area contributed by atoms with Crippen LogP contribution in [0.25, 0.3) is 0 Å². The SMILES string of the molecule is CNC(Cc1cnn(C)c1)Cc1c(F)cccc1F. The fourth-order valence-electron chi connectivity index (χ4n) is 2.11. The molecule has 19 heavy (non-hydrogen) atoms. The molecular formula is C14H17F2N3. The van der Waals surface area contributed by atoms with Gasteiger partial charge < -0.3 is 5.32 Å². The number of likely N-dealkylation sites (N-methyl/N-ethyl adjacent to an activating group) is 1. The van der Waals surface area contributed by atoms with Crippen molar-refractivity contribution in [1.82, 2.24) is 15.1 Å². The Balaban J connectivity index is 2.11. The number of nitrogens with one attached hydrogen (secondary N) is 1. The number of hydrogen-bond acceptors (Lipinski definition) is 2. The van der Waals surface area contributed by atoms with Gasteiger partial charge in [0, 0.05) is 24.8 Å². The Morgan fingerprint density at radius 3 is 2.47 bits per heavy atom. The first-order valence-electron chi connectivity index (χ1n) is 6.18. The van der Waals surface area contributed by atoms with Crippen molar-refractivity contribution in [2.75, 3.05) is 7.05 Å². The molecule has 0 amide bonds. The molecule has 1 aromatic carbocycles. The van der Waals surface area contributed by atoms with Crippen molar-refractivity contribution in [3.63, 3.8) is 0 Å². The van der Waals surface area contributed by atoms with E-state index in [1.165, 1.54) is 18.2 Å². The summed E-state index contributed by atoms with van der Waals surface area (Å²) in [5, 5.41) is 7.18. The Morgan fingerprint density at radius 2 is 1.95 bits per heavy atom. The molecule has 1 unspecified atom stereocenters. The lowest BCUT2D eigenvalue weighted by atomic mass is 10.00. The van der Waals surface area contributed by atoms with E-state index in [0.29, 0.717) is 12.8 Å². The molecule has 0 bridgehead atoms. The maximum atomic E-state index is 13.6. The first-order valence-corrected chi connectivity index (χ1v) is 6.18. The molecule has 0 saturated heterocycles. The molecule has 3 nitrogen and oxygen atoms in total. The fraction of sp³-hybridized carbons (Fsp3) is 0.357.